The first-order valence-corrected chi connectivity index (χ1v) is 7.58. The van der Waals surface area contributed by atoms with Crippen LogP contribution in [0.25, 0.3) is 0 Å². The molecule has 1 aliphatic rings. The van der Waals surface area contributed by atoms with Crippen LogP contribution in [0.2, 0.25) is 5.28 Å². The van der Waals surface area contributed by atoms with Crippen molar-refractivity contribution in [3.63, 3.8) is 0 Å². The average Bonchev–Trinajstić information content (AvgIpc) is 2.96. The van der Waals surface area contributed by atoms with Gasteiger partial charge in [0.1, 0.15) is 11.6 Å². The summed E-state index contributed by atoms with van der Waals surface area (Å²) in [6, 6.07) is 4.38. The monoisotopic (exact) mass is 372 g/mol. The minimum atomic E-state index is -0.367. The Hall–Kier alpha value is -1.47. The molecule has 0 spiro atoms. The molecule has 0 saturated carbocycles. The van der Waals surface area contributed by atoms with Gasteiger partial charge in [-0.2, -0.15) is 15.0 Å². The maximum atomic E-state index is 13.2. The fraction of sp³-hybridized carbons (Fsp3) is 0.308. The summed E-state index contributed by atoms with van der Waals surface area (Å²) in [5.74, 6) is 0.551. The minimum Gasteiger partial charge on any atom is -0.424 e. The zero-order valence-electron chi connectivity index (χ0n) is 10.9. The Labute approximate surface area is 134 Å². The van der Waals surface area contributed by atoms with Crippen LogP contribution in [0.3, 0.4) is 0 Å². The largest absolute Gasteiger partial charge is 0.424 e. The van der Waals surface area contributed by atoms with E-state index in [0.717, 1.165) is 25.9 Å². The van der Waals surface area contributed by atoms with Crippen LogP contribution in [0.15, 0.2) is 22.7 Å². The SMILES string of the molecule is Fc1ccc(Oc2nc(Cl)nc(N3CCCC3)n2)cc1Br. The molecule has 5 nitrogen and oxygen atoms in total. The highest BCUT2D eigenvalue weighted by atomic mass is 79.9. The number of rotatable bonds is 3. The van der Waals surface area contributed by atoms with Crippen molar-refractivity contribution in [2.45, 2.75) is 12.8 Å². The highest BCUT2D eigenvalue weighted by Gasteiger charge is 2.17. The van der Waals surface area contributed by atoms with Crippen LogP contribution >= 0.6 is 27.5 Å². The van der Waals surface area contributed by atoms with Crippen molar-refractivity contribution in [3.05, 3.63) is 33.8 Å². The first-order chi connectivity index (χ1) is 10.1. The molecule has 0 unspecified atom stereocenters. The van der Waals surface area contributed by atoms with Gasteiger partial charge in [0.15, 0.2) is 0 Å². The van der Waals surface area contributed by atoms with E-state index in [9.17, 15) is 4.39 Å². The van der Waals surface area contributed by atoms with Gasteiger partial charge in [-0.1, -0.05) is 0 Å². The van der Waals surface area contributed by atoms with Crippen LogP contribution in [0.5, 0.6) is 11.8 Å². The summed E-state index contributed by atoms with van der Waals surface area (Å²) < 4.78 is 19.0. The lowest BCUT2D eigenvalue weighted by atomic mass is 10.3. The third-order valence-electron chi connectivity index (χ3n) is 3.06. The van der Waals surface area contributed by atoms with Crippen LogP contribution in [0.4, 0.5) is 10.3 Å². The lowest BCUT2D eigenvalue weighted by Crippen LogP contribution is -2.21. The van der Waals surface area contributed by atoms with Gasteiger partial charge in [-0.3, -0.25) is 0 Å². The van der Waals surface area contributed by atoms with Crippen molar-refractivity contribution in [2.24, 2.45) is 0 Å². The molecule has 21 heavy (non-hydrogen) atoms. The number of halogens is 3. The molecule has 1 aromatic heterocycles. The number of hydrogen-bond acceptors (Lipinski definition) is 5. The van der Waals surface area contributed by atoms with E-state index < -0.39 is 0 Å². The van der Waals surface area contributed by atoms with E-state index in [2.05, 4.69) is 30.9 Å². The van der Waals surface area contributed by atoms with Crippen molar-refractivity contribution in [3.8, 4) is 11.8 Å². The second kappa shape index (κ2) is 6.11. The second-order valence-electron chi connectivity index (χ2n) is 4.56. The Morgan fingerprint density at radius 3 is 2.67 bits per heavy atom. The summed E-state index contributed by atoms with van der Waals surface area (Å²) in [6.07, 6.45) is 2.20. The molecule has 0 aliphatic carbocycles. The number of nitrogens with zero attached hydrogens (tertiary/aromatic N) is 4. The maximum Gasteiger partial charge on any atom is 0.328 e. The van der Waals surface area contributed by atoms with Crippen LogP contribution < -0.4 is 9.64 Å². The quantitative estimate of drug-likeness (QED) is 0.818. The number of hydrogen-bond donors (Lipinski definition) is 0. The molecular weight excluding hydrogens is 363 g/mol. The summed E-state index contributed by atoms with van der Waals surface area (Å²) in [5, 5.41) is 0.0723. The molecule has 1 fully saturated rings. The highest BCUT2D eigenvalue weighted by molar-refractivity contribution is 9.10. The van der Waals surface area contributed by atoms with Crippen LogP contribution in [0, 0.1) is 5.82 Å². The van der Waals surface area contributed by atoms with Crippen LogP contribution in [0.1, 0.15) is 12.8 Å². The minimum absolute atomic E-state index is 0.0723. The molecule has 110 valence electrons. The van der Waals surface area contributed by atoms with E-state index >= 15 is 0 Å². The molecular formula is C13H11BrClFN4O. The molecule has 1 saturated heterocycles. The fourth-order valence-electron chi connectivity index (χ4n) is 2.07. The van der Waals surface area contributed by atoms with E-state index in [0.29, 0.717) is 16.2 Å². The van der Waals surface area contributed by atoms with E-state index in [1.807, 2.05) is 4.90 Å². The molecule has 0 atom stereocenters. The fourth-order valence-corrected chi connectivity index (χ4v) is 2.58. The second-order valence-corrected chi connectivity index (χ2v) is 5.75. The molecule has 1 aromatic carbocycles. The van der Waals surface area contributed by atoms with Crippen molar-refractivity contribution < 1.29 is 9.13 Å². The number of anilines is 1. The summed E-state index contributed by atoms with van der Waals surface area (Å²) in [4.78, 5) is 14.3. The Bertz CT molecular complexity index is 667. The van der Waals surface area contributed by atoms with Crippen LogP contribution in [-0.2, 0) is 0 Å². The van der Waals surface area contributed by atoms with Crippen molar-refractivity contribution in [1.29, 1.82) is 0 Å². The van der Waals surface area contributed by atoms with Gasteiger partial charge in [0.25, 0.3) is 0 Å². The zero-order chi connectivity index (χ0) is 14.8. The predicted octanol–water partition coefficient (Wildman–Crippen LogP) is 3.82. The summed E-state index contributed by atoms with van der Waals surface area (Å²) >= 11 is 9.01. The van der Waals surface area contributed by atoms with E-state index in [-0.39, 0.29) is 17.1 Å². The Balaban J connectivity index is 1.85. The topological polar surface area (TPSA) is 51.1 Å². The average molecular weight is 374 g/mol. The Morgan fingerprint density at radius 2 is 1.95 bits per heavy atom. The molecule has 2 heterocycles. The molecule has 0 radical (unpaired) electrons. The standard InChI is InChI=1S/C13H11BrClFN4O/c14-9-7-8(3-4-10(9)16)21-13-18-11(15)17-12(19-13)20-5-1-2-6-20/h3-4,7H,1-2,5-6H2. The first-order valence-electron chi connectivity index (χ1n) is 6.41. The molecule has 1 aliphatic heterocycles. The van der Waals surface area contributed by atoms with Gasteiger partial charge in [-0.25, -0.2) is 4.39 Å². The molecule has 0 bridgehead atoms. The van der Waals surface area contributed by atoms with E-state index in [4.69, 9.17) is 16.3 Å². The highest BCUT2D eigenvalue weighted by Crippen LogP contribution is 2.26. The number of ether oxygens (including phenoxy) is 1. The molecule has 8 heteroatoms. The Kier molecular flexibility index (Phi) is 4.21. The van der Waals surface area contributed by atoms with Gasteiger partial charge < -0.3 is 9.64 Å². The van der Waals surface area contributed by atoms with E-state index in [1.165, 1.54) is 18.2 Å². The summed E-state index contributed by atoms with van der Waals surface area (Å²) in [5.41, 5.74) is 0. The summed E-state index contributed by atoms with van der Waals surface area (Å²) in [7, 11) is 0. The molecule has 2 aromatic rings. The molecule has 0 N–H and O–H groups in total. The smallest absolute Gasteiger partial charge is 0.328 e. The molecule has 3 rings (SSSR count). The Morgan fingerprint density at radius 1 is 1.19 bits per heavy atom. The molecule has 0 amide bonds. The number of aromatic nitrogens is 3. The lowest BCUT2D eigenvalue weighted by Gasteiger charge is -2.15. The predicted molar refractivity (Wildman–Crippen MR) is 80.5 cm³/mol. The van der Waals surface area contributed by atoms with Crippen molar-refractivity contribution in [2.75, 3.05) is 18.0 Å². The lowest BCUT2D eigenvalue weighted by molar-refractivity contribution is 0.437. The maximum absolute atomic E-state index is 13.2. The van der Waals surface area contributed by atoms with Gasteiger partial charge in [0.2, 0.25) is 11.2 Å². The van der Waals surface area contributed by atoms with Crippen molar-refractivity contribution in [1.82, 2.24) is 15.0 Å². The van der Waals surface area contributed by atoms with Gasteiger partial charge >= 0.3 is 6.01 Å². The summed E-state index contributed by atoms with van der Waals surface area (Å²) in [6.45, 7) is 1.78. The van der Waals surface area contributed by atoms with Gasteiger partial charge in [0.05, 0.1) is 4.47 Å². The van der Waals surface area contributed by atoms with Gasteiger partial charge in [0, 0.05) is 13.1 Å². The normalized spacial score (nSPS) is 14.5. The third kappa shape index (κ3) is 3.41. The first kappa shape index (κ1) is 14.5. The number of benzene rings is 1. The van der Waals surface area contributed by atoms with Crippen LogP contribution in [-0.4, -0.2) is 28.0 Å². The van der Waals surface area contributed by atoms with Gasteiger partial charge in [-0.05, 0) is 58.6 Å². The zero-order valence-corrected chi connectivity index (χ0v) is 13.2. The van der Waals surface area contributed by atoms with Gasteiger partial charge in [-0.15, -0.1) is 0 Å². The van der Waals surface area contributed by atoms with E-state index in [1.54, 1.807) is 0 Å². The third-order valence-corrected chi connectivity index (χ3v) is 3.84. The van der Waals surface area contributed by atoms with Crippen molar-refractivity contribution >= 4 is 33.5 Å².